The van der Waals surface area contributed by atoms with Crippen LogP contribution in [0.15, 0.2) is 11.1 Å². The van der Waals surface area contributed by atoms with E-state index in [-0.39, 0.29) is 6.10 Å². The minimum atomic E-state index is 0.0500. The van der Waals surface area contributed by atoms with Gasteiger partial charge < -0.3 is 14.2 Å². The lowest BCUT2D eigenvalue weighted by molar-refractivity contribution is 0.0283. The van der Waals surface area contributed by atoms with Crippen LogP contribution in [0.25, 0.3) is 0 Å². The Bertz CT molecular complexity index is 192. The Morgan fingerprint density at radius 3 is 2.00 bits per heavy atom. The molecule has 0 saturated carbocycles. The van der Waals surface area contributed by atoms with Gasteiger partial charge in [0, 0.05) is 6.61 Å². The predicted octanol–water partition coefficient (Wildman–Crippen LogP) is 1.41. The van der Waals surface area contributed by atoms with Crippen LogP contribution in [0.4, 0.5) is 0 Å². The van der Waals surface area contributed by atoms with E-state index in [0.717, 1.165) is 27.8 Å². The molecule has 0 spiro atoms. The Labute approximate surface area is 96.2 Å². The molecule has 0 amide bonds. The van der Waals surface area contributed by atoms with Gasteiger partial charge in [0.05, 0.1) is 23.5 Å². The second-order valence-corrected chi connectivity index (χ2v) is 4.05. The van der Waals surface area contributed by atoms with E-state index in [1.54, 1.807) is 0 Å². The fourth-order valence-corrected chi connectivity index (χ4v) is 2.20. The predicted molar refractivity (Wildman–Crippen MR) is 65.9 cm³/mol. The molecular formula is C11H24O3Si. The summed E-state index contributed by atoms with van der Waals surface area (Å²) in [6.07, 6.45) is 0.969. The molecule has 15 heavy (non-hydrogen) atoms. The monoisotopic (exact) mass is 232 g/mol. The average molecular weight is 232 g/mol. The maximum atomic E-state index is 5.63. The lowest BCUT2D eigenvalue weighted by atomic mass is 10.2. The van der Waals surface area contributed by atoms with Gasteiger partial charge in [-0.25, -0.2) is 0 Å². The first-order valence-corrected chi connectivity index (χ1v) is 6.79. The van der Waals surface area contributed by atoms with Crippen molar-refractivity contribution in [1.82, 2.24) is 0 Å². The zero-order chi connectivity index (χ0) is 11.7. The van der Waals surface area contributed by atoms with Crippen LogP contribution >= 0.6 is 0 Å². The third-order valence-corrected chi connectivity index (χ3v) is 2.82. The van der Waals surface area contributed by atoms with Crippen LogP contribution in [0.2, 0.25) is 0 Å². The summed E-state index contributed by atoms with van der Waals surface area (Å²) in [5.74, 6) is 0.898. The summed E-state index contributed by atoms with van der Waals surface area (Å²) in [6.45, 7) is 10.1. The molecule has 0 rings (SSSR count). The zero-order valence-electron chi connectivity index (χ0n) is 10.6. The molecule has 0 aliphatic rings. The van der Waals surface area contributed by atoms with Crippen LogP contribution in [0.1, 0.15) is 34.1 Å². The zero-order valence-corrected chi connectivity index (χ0v) is 12.6. The molecular weight excluding hydrogens is 208 g/mol. The second-order valence-electron chi connectivity index (χ2n) is 3.14. The Kier molecular flexibility index (Phi) is 8.51. The summed E-state index contributed by atoms with van der Waals surface area (Å²) >= 11 is 0. The van der Waals surface area contributed by atoms with Gasteiger partial charge in [0.1, 0.15) is 11.5 Å². The first-order valence-electron chi connectivity index (χ1n) is 5.79. The van der Waals surface area contributed by atoms with Gasteiger partial charge in [-0.15, -0.1) is 0 Å². The Balaban J connectivity index is 4.65. The van der Waals surface area contributed by atoms with Crippen molar-refractivity contribution in [3.05, 3.63) is 11.1 Å². The molecule has 0 aromatic carbocycles. The van der Waals surface area contributed by atoms with Gasteiger partial charge in [-0.05, 0) is 27.2 Å². The summed E-state index contributed by atoms with van der Waals surface area (Å²) < 4.78 is 16.8. The molecule has 0 radical (unpaired) electrons. The smallest absolute Gasteiger partial charge is 0.156 e. The van der Waals surface area contributed by atoms with Gasteiger partial charge in [0.15, 0.2) is 5.76 Å². The van der Waals surface area contributed by atoms with E-state index in [1.165, 1.54) is 0 Å². The standard InChI is InChI=1S/C11H24O3Si/c1-5-9(12-6-2)10(13-7-3)11(15)14-8-4/h9H,5-8H2,1-4,15H3. The molecule has 0 aromatic rings. The summed E-state index contributed by atoms with van der Waals surface area (Å²) in [6, 6.07) is 0. The molecule has 0 saturated heterocycles. The first kappa shape index (κ1) is 14.5. The lowest BCUT2D eigenvalue weighted by Gasteiger charge is -2.21. The van der Waals surface area contributed by atoms with Crippen molar-refractivity contribution in [2.75, 3.05) is 19.8 Å². The first-order chi connectivity index (χ1) is 7.21. The highest BCUT2D eigenvalue weighted by Gasteiger charge is 2.17. The number of hydrogen-bond donors (Lipinski definition) is 0. The Morgan fingerprint density at radius 2 is 1.60 bits per heavy atom. The molecule has 90 valence electrons. The fraction of sp³-hybridized carbons (Fsp3) is 0.818. The fourth-order valence-electron chi connectivity index (χ4n) is 1.44. The molecule has 0 N–H and O–H groups in total. The molecule has 1 atom stereocenters. The van der Waals surface area contributed by atoms with Crippen LogP contribution in [-0.2, 0) is 14.2 Å². The third kappa shape index (κ3) is 5.23. The molecule has 0 fully saturated rings. The van der Waals surface area contributed by atoms with Crippen molar-refractivity contribution in [2.24, 2.45) is 0 Å². The SMILES string of the molecule is CCOC([SiH3])=C(OCC)C(CC)OCC. The van der Waals surface area contributed by atoms with E-state index >= 15 is 0 Å². The number of hydrogen-bond acceptors (Lipinski definition) is 3. The highest BCUT2D eigenvalue weighted by molar-refractivity contribution is 6.20. The second kappa shape index (κ2) is 8.80. The van der Waals surface area contributed by atoms with Crippen molar-refractivity contribution < 1.29 is 14.2 Å². The van der Waals surface area contributed by atoms with Gasteiger partial charge in [-0.3, -0.25) is 0 Å². The van der Waals surface area contributed by atoms with Crippen molar-refractivity contribution in [1.29, 1.82) is 0 Å². The number of ether oxygens (including phenoxy) is 3. The van der Waals surface area contributed by atoms with Crippen molar-refractivity contribution in [3.8, 4) is 0 Å². The van der Waals surface area contributed by atoms with E-state index in [2.05, 4.69) is 6.92 Å². The van der Waals surface area contributed by atoms with Crippen LogP contribution in [0.5, 0.6) is 0 Å². The largest absolute Gasteiger partial charge is 0.501 e. The summed E-state index contributed by atoms with van der Waals surface area (Å²) in [4.78, 5) is 0. The molecule has 0 heterocycles. The van der Waals surface area contributed by atoms with Gasteiger partial charge in [-0.2, -0.15) is 0 Å². The highest BCUT2D eigenvalue weighted by Crippen LogP contribution is 2.16. The Morgan fingerprint density at radius 1 is 1.00 bits per heavy atom. The molecule has 4 heteroatoms. The van der Waals surface area contributed by atoms with E-state index in [0.29, 0.717) is 19.8 Å². The van der Waals surface area contributed by atoms with Crippen LogP contribution in [0, 0.1) is 0 Å². The quantitative estimate of drug-likeness (QED) is 0.468. The van der Waals surface area contributed by atoms with Crippen LogP contribution in [-0.4, -0.2) is 36.2 Å². The molecule has 0 aromatic heterocycles. The van der Waals surface area contributed by atoms with E-state index < -0.39 is 0 Å². The van der Waals surface area contributed by atoms with Crippen molar-refractivity contribution >= 4 is 10.2 Å². The van der Waals surface area contributed by atoms with E-state index in [4.69, 9.17) is 14.2 Å². The highest BCUT2D eigenvalue weighted by atomic mass is 28.1. The van der Waals surface area contributed by atoms with Gasteiger partial charge in [0.2, 0.25) is 0 Å². The maximum absolute atomic E-state index is 5.63. The molecule has 1 unspecified atom stereocenters. The summed E-state index contributed by atoms with van der Waals surface area (Å²) in [7, 11) is 0.858. The minimum Gasteiger partial charge on any atom is -0.501 e. The normalized spacial score (nSPS) is 14.7. The topological polar surface area (TPSA) is 27.7 Å². The molecule has 0 aliphatic heterocycles. The Hall–Kier alpha value is -0.483. The van der Waals surface area contributed by atoms with E-state index in [1.807, 2.05) is 20.8 Å². The van der Waals surface area contributed by atoms with E-state index in [9.17, 15) is 0 Å². The summed E-state index contributed by atoms with van der Waals surface area (Å²) in [5.41, 5.74) is 0. The summed E-state index contributed by atoms with van der Waals surface area (Å²) in [5, 5.41) is 0.972. The average Bonchev–Trinajstić information content (AvgIpc) is 2.23. The maximum Gasteiger partial charge on any atom is 0.156 e. The molecule has 0 bridgehead atoms. The van der Waals surface area contributed by atoms with Crippen molar-refractivity contribution in [2.45, 2.75) is 40.2 Å². The third-order valence-electron chi connectivity index (χ3n) is 2.04. The van der Waals surface area contributed by atoms with Gasteiger partial charge >= 0.3 is 0 Å². The van der Waals surface area contributed by atoms with Gasteiger partial charge in [0.25, 0.3) is 0 Å². The number of rotatable bonds is 8. The minimum absolute atomic E-state index is 0.0500. The van der Waals surface area contributed by atoms with Crippen molar-refractivity contribution in [3.63, 3.8) is 0 Å². The van der Waals surface area contributed by atoms with Crippen LogP contribution < -0.4 is 0 Å². The lowest BCUT2D eigenvalue weighted by Crippen LogP contribution is -2.20. The van der Waals surface area contributed by atoms with Gasteiger partial charge in [-0.1, -0.05) is 6.92 Å². The van der Waals surface area contributed by atoms with Crippen LogP contribution in [0.3, 0.4) is 0 Å². The molecule has 0 aliphatic carbocycles. The molecule has 3 nitrogen and oxygen atoms in total.